The van der Waals surface area contributed by atoms with Crippen molar-refractivity contribution in [3.05, 3.63) is 38.9 Å². The molecule has 1 aromatic carbocycles. The molecule has 1 saturated heterocycles. The molecule has 1 aliphatic rings. The summed E-state index contributed by atoms with van der Waals surface area (Å²) in [5, 5.41) is 20.9. The number of hydrogen-bond donors (Lipinski definition) is 1. The molecule has 1 amide bonds. The van der Waals surface area contributed by atoms with E-state index in [-0.39, 0.29) is 28.7 Å². The molecule has 1 fully saturated rings. The number of carbonyl (C=O) groups excluding carboxylic acids is 1. The number of benzene rings is 1. The average molecular weight is 299 g/mol. The first-order valence-electron chi connectivity index (χ1n) is 6.32. The molecular formula is C13H15ClN2O4. The standard InChI is InChI=1S/C13H15ClN2O4/c1-8-5-6-15(7-11(8)17)13(18)12-9(14)3-2-4-10(12)16(19)20/h2-4,8,11,17H,5-7H2,1H3. The van der Waals surface area contributed by atoms with Crippen molar-refractivity contribution >= 4 is 23.2 Å². The SMILES string of the molecule is CC1CCN(C(=O)c2c(Cl)cccc2[N+](=O)[O-])CC1O. The Balaban J connectivity index is 2.32. The molecule has 0 spiro atoms. The second-order valence-corrected chi connectivity index (χ2v) is 5.38. The summed E-state index contributed by atoms with van der Waals surface area (Å²) in [5.41, 5.74) is -0.420. The number of likely N-dealkylation sites (tertiary alicyclic amines) is 1. The van der Waals surface area contributed by atoms with Crippen molar-refractivity contribution in [2.75, 3.05) is 13.1 Å². The third kappa shape index (κ3) is 2.76. The van der Waals surface area contributed by atoms with Gasteiger partial charge in [-0.05, 0) is 18.4 Å². The van der Waals surface area contributed by atoms with Gasteiger partial charge in [0.2, 0.25) is 0 Å². The summed E-state index contributed by atoms with van der Waals surface area (Å²) in [7, 11) is 0. The van der Waals surface area contributed by atoms with Crippen LogP contribution in [0.2, 0.25) is 5.02 Å². The van der Waals surface area contributed by atoms with Gasteiger partial charge in [0.1, 0.15) is 5.56 Å². The van der Waals surface area contributed by atoms with Crippen LogP contribution < -0.4 is 0 Å². The largest absolute Gasteiger partial charge is 0.391 e. The quantitative estimate of drug-likeness (QED) is 0.669. The summed E-state index contributed by atoms with van der Waals surface area (Å²) in [4.78, 5) is 24.2. The molecule has 0 saturated carbocycles. The second kappa shape index (κ2) is 5.76. The molecule has 0 radical (unpaired) electrons. The smallest absolute Gasteiger partial charge is 0.283 e. The van der Waals surface area contributed by atoms with Gasteiger partial charge in [0, 0.05) is 19.2 Å². The van der Waals surface area contributed by atoms with Crippen LogP contribution in [0.5, 0.6) is 0 Å². The molecule has 6 nitrogen and oxygen atoms in total. The van der Waals surface area contributed by atoms with E-state index in [0.717, 1.165) is 0 Å². The molecule has 108 valence electrons. The number of nitro groups is 1. The molecule has 7 heteroatoms. The van der Waals surface area contributed by atoms with Gasteiger partial charge < -0.3 is 10.0 Å². The first-order chi connectivity index (χ1) is 9.41. The Morgan fingerprint density at radius 1 is 1.55 bits per heavy atom. The van der Waals surface area contributed by atoms with E-state index in [4.69, 9.17) is 11.6 Å². The number of amides is 1. The molecule has 1 N–H and O–H groups in total. The number of rotatable bonds is 2. The lowest BCUT2D eigenvalue weighted by molar-refractivity contribution is -0.385. The highest BCUT2D eigenvalue weighted by molar-refractivity contribution is 6.34. The summed E-state index contributed by atoms with van der Waals surface area (Å²) >= 11 is 5.94. The fourth-order valence-corrected chi connectivity index (χ4v) is 2.52. The minimum absolute atomic E-state index is 0.0531. The number of aliphatic hydroxyl groups is 1. The minimum atomic E-state index is -0.623. The Bertz CT molecular complexity index is 549. The van der Waals surface area contributed by atoms with Crippen molar-refractivity contribution in [2.45, 2.75) is 19.4 Å². The predicted octanol–water partition coefficient (Wildman–Crippen LogP) is 2.09. The van der Waals surface area contributed by atoms with Crippen molar-refractivity contribution in [2.24, 2.45) is 5.92 Å². The van der Waals surface area contributed by atoms with Crippen LogP contribution in [0.3, 0.4) is 0 Å². The van der Waals surface area contributed by atoms with Gasteiger partial charge in [-0.1, -0.05) is 24.6 Å². The van der Waals surface area contributed by atoms with Crippen molar-refractivity contribution in [3.63, 3.8) is 0 Å². The van der Waals surface area contributed by atoms with Gasteiger partial charge in [-0.15, -0.1) is 0 Å². The minimum Gasteiger partial charge on any atom is -0.391 e. The summed E-state index contributed by atoms with van der Waals surface area (Å²) < 4.78 is 0. The van der Waals surface area contributed by atoms with E-state index in [1.54, 1.807) is 0 Å². The van der Waals surface area contributed by atoms with Crippen LogP contribution in [-0.4, -0.2) is 40.0 Å². The maximum atomic E-state index is 12.4. The van der Waals surface area contributed by atoms with Gasteiger partial charge in [-0.3, -0.25) is 14.9 Å². The number of piperidine rings is 1. The van der Waals surface area contributed by atoms with Crippen molar-refractivity contribution in [1.82, 2.24) is 4.90 Å². The lowest BCUT2D eigenvalue weighted by Crippen LogP contribution is -2.46. The lowest BCUT2D eigenvalue weighted by atomic mass is 9.95. The van der Waals surface area contributed by atoms with Crippen LogP contribution in [0, 0.1) is 16.0 Å². The normalized spacial score (nSPS) is 22.6. The summed E-state index contributed by atoms with van der Waals surface area (Å²) in [6.45, 7) is 2.53. The van der Waals surface area contributed by atoms with Gasteiger partial charge in [-0.25, -0.2) is 0 Å². The number of carbonyl (C=O) groups is 1. The third-order valence-electron chi connectivity index (χ3n) is 3.61. The molecule has 20 heavy (non-hydrogen) atoms. The fourth-order valence-electron chi connectivity index (χ4n) is 2.27. The van der Waals surface area contributed by atoms with Crippen LogP contribution in [-0.2, 0) is 0 Å². The monoisotopic (exact) mass is 298 g/mol. The molecule has 2 atom stereocenters. The van der Waals surface area contributed by atoms with E-state index in [0.29, 0.717) is 13.0 Å². The Labute approximate surface area is 121 Å². The maximum absolute atomic E-state index is 12.4. The zero-order chi connectivity index (χ0) is 14.9. The van der Waals surface area contributed by atoms with Crippen molar-refractivity contribution < 1.29 is 14.8 Å². The Kier molecular flexibility index (Phi) is 4.25. The number of nitro benzene ring substituents is 1. The van der Waals surface area contributed by atoms with Crippen LogP contribution in [0.15, 0.2) is 18.2 Å². The molecule has 2 unspecified atom stereocenters. The van der Waals surface area contributed by atoms with Gasteiger partial charge in [0.25, 0.3) is 11.6 Å². The number of halogens is 1. The number of nitrogens with zero attached hydrogens (tertiary/aromatic N) is 2. The number of aliphatic hydroxyl groups excluding tert-OH is 1. The van der Waals surface area contributed by atoms with Gasteiger partial charge in [0.05, 0.1) is 16.0 Å². The van der Waals surface area contributed by atoms with Gasteiger partial charge >= 0.3 is 0 Å². The first-order valence-corrected chi connectivity index (χ1v) is 6.70. The topological polar surface area (TPSA) is 83.7 Å². The van der Waals surface area contributed by atoms with Gasteiger partial charge in [0.15, 0.2) is 0 Å². The molecule has 2 rings (SSSR count). The van der Waals surface area contributed by atoms with E-state index >= 15 is 0 Å². The molecule has 1 aliphatic heterocycles. The van der Waals surface area contributed by atoms with E-state index in [9.17, 15) is 20.0 Å². The first kappa shape index (κ1) is 14.7. The van der Waals surface area contributed by atoms with Crippen molar-refractivity contribution in [3.8, 4) is 0 Å². The highest BCUT2D eigenvalue weighted by atomic mass is 35.5. The maximum Gasteiger partial charge on any atom is 0.283 e. The fraction of sp³-hybridized carbons (Fsp3) is 0.462. The zero-order valence-corrected chi connectivity index (χ0v) is 11.7. The Morgan fingerprint density at radius 2 is 2.25 bits per heavy atom. The number of hydrogen-bond acceptors (Lipinski definition) is 4. The highest BCUT2D eigenvalue weighted by Gasteiger charge is 2.32. The summed E-state index contributed by atoms with van der Waals surface area (Å²) in [6, 6.07) is 4.14. The van der Waals surface area contributed by atoms with Gasteiger partial charge in [-0.2, -0.15) is 0 Å². The Morgan fingerprint density at radius 3 is 2.85 bits per heavy atom. The Hall–Kier alpha value is -1.66. The molecule has 0 bridgehead atoms. The van der Waals surface area contributed by atoms with E-state index in [2.05, 4.69) is 0 Å². The van der Waals surface area contributed by atoms with E-state index < -0.39 is 16.9 Å². The number of β-amino-alcohol motifs (C(OH)–C–C–N with tert-alkyl or cyclic N) is 1. The molecule has 1 aromatic rings. The van der Waals surface area contributed by atoms with Crippen LogP contribution in [0.1, 0.15) is 23.7 Å². The van der Waals surface area contributed by atoms with Crippen LogP contribution in [0.4, 0.5) is 5.69 Å². The summed E-state index contributed by atoms with van der Waals surface area (Å²) in [6.07, 6.45) is 0.0415. The third-order valence-corrected chi connectivity index (χ3v) is 3.92. The zero-order valence-electron chi connectivity index (χ0n) is 11.0. The lowest BCUT2D eigenvalue weighted by Gasteiger charge is -2.34. The van der Waals surface area contributed by atoms with Crippen LogP contribution >= 0.6 is 11.6 Å². The summed E-state index contributed by atoms with van der Waals surface area (Å²) in [5.74, 6) is -0.395. The van der Waals surface area contributed by atoms with Crippen LogP contribution in [0.25, 0.3) is 0 Å². The highest BCUT2D eigenvalue weighted by Crippen LogP contribution is 2.29. The predicted molar refractivity (Wildman–Crippen MR) is 73.8 cm³/mol. The molecular weight excluding hydrogens is 284 g/mol. The van der Waals surface area contributed by atoms with E-state index in [1.165, 1.54) is 23.1 Å². The molecule has 0 aromatic heterocycles. The molecule has 0 aliphatic carbocycles. The second-order valence-electron chi connectivity index (χ2n) is 4.98. The molecule has 1 heterocycles. The average Bonchev–Trinajstić information content (AvgIpc) is 2.40. The van der Waals surface area contributed by atoms with E-state index in [1.807, 2.05) is 6.92 Å². The van der Waals surface area contributed by atoms with Crippen molar-refractivity contribution in [1.29, 1.82) is 0 Å².